The second-order valence-corrected chi connectivity index (χ2v) is 0.691. The molecular formula is C4H8N+. The predicted molar refractivity (Wildman–Crippen MR) is 23.1 cm³/mol. The fraction of sp³-hybridized carbons (Fsp3) is 0.250. The molecule has 0 aliphatic carbocycles. The average Bonchev–Trinajstić information content (AvgIpc) is 1.41. The Morgan fingerprint density at radius 1 is 1.80 bits per heavy atom. The SMILES string of the molecule is C=CC=[NH+]C. The summed E-state index contributed by atoms with van der Waals surface area (Å²) >= 11 is 0. The Kier molecular flexibility index (Phi) is 3.01. The third kappa shape index (κ3) is 3.41. The third-order valence-electron chi connectivity index (χ3n) is 0.285. The van der Waals surface area contributed by atoms with Crippen LogP contribution in [0.3, 0.4) is 0 Å². The molecule has 0 atom stereocenters. The van der Waals surface area contributed by atoms with Crippen molar-refractivity contribution in [3.63, 3.8) is 0 Å². The van der Waals surface area contributed by atoms with Gasteiger partial charge in [0.2, 0.25) is 0 Å². The highest BCUT2D eigenvalue weighted by molar-refractivity contribution is 5.63. The van der Waals surface area contributed by atoms with Crippen LogP contribution < -0.4 is 4.99 Å². The smallest absolute Gasteiger partial charge is 0.160 e. The first-order valence-corrected chi connectivity index (χ1v) is 1.53. The minimum absolute atomic E-state index is 1.69. The summed E-state index contributed by atoms with van der Waals surface area (Å²) in [6.45, 7) is 3.43. The molecule has 0 saturated heterocycles. The first kappa shape index (κ1) is 4.41. The molecule has 5 heavy (non-hydrogen) atoms. The molecule has 0 radical (unpaired) electrons. The highest BCUT2D eigenvalue weighted by atomic mass is 14.6. The van der Waals surface area contributed by atoms with E-state index in [2.05, 4.69) is 11.6 Å². The molecule has 1 N–H and O–H groups in total. The second kappa shape index (κ2) is 3.41. The summed E-state index contributed by atoms with van der Waals surface area (Å²) < 4.78 is 0. The largest absolute Gasteiger partial charge is 0.251 e. The van der Waals surface area contributed by atoms with Crippen molar-refractivity contribution in [2.45, 2.75) is 0 Å². The molecule has 0 aromatic heterocycles. The number of hydrogen-bond donors (Lipinski definition) is 1. The molecule has 0 saturated carbocycles. The van der Waals surface area contributed by atoms with Gasteiger partial charge in [0.1, 0.15) is 7.05 Å². The van der Waals surface area contributed by atoms with Crippen LogP contribution in [-0.4, -0.2) is 13.3 Å². The minimum Gasteiger partial charge on any atom is -0.251 e. The average molecular weight is 70.1 g/mol. The van der Waals surface area contributed by atoms with Gasteiger partial charge in [0.15, 0.2) is 6.21 Å². The van der Waals surface area contributed by atoms with Crippen LogP contribution in [0.1, 0.15) is 0 Å². The molecule has 0 bridgehead atoms. The molecule has 0 amide bonds. The molecule has 1 heteroatoms. The van der Waals surface area contributed by atoms with Crippen molar-refractivity contribution in [2.24, 2.45) is 0 Å². The fourth-order valence-electron chi connectivity index (χ4n) is 0.118. The van der Waals surface area contributed by atoms with E-state index in [1.807, 2.05) is 7.05 Å². The van der Waals surface area contributed by atoms with E-state index in [0.717, 1.165) is 0 Å². The molecule has 0 heterocycles. The summed E-state index contributed by atoms with van der Waals surface area (Å²) in [5.74, 6) is 0. The molecule has 0 aromatic carbocycles. The van der Waals surface area contributed by atoms with Crippen LogP contribution in [0.4, 0.5) is 0 Å². The summed E-state index contributed by atoms with van der Waals surface area (Å²) in [6.07, 6.45) is 3.46. The van der Waals surface area contributed by atoms with Crippen molar-refractivity contribution >= 4 is 6.21 Å². The molecule has 0 spiro atoms. The lowest BCUT2D eigenvalue weighted by molar-refractivity contribution is -0.413. The van der Waals surface area contributed by atoms with Crippen molar-refractivity contribution in [3.05, 3.63) is 12.7 Å². The van der Waals surface area contributed by atoms with E-state index in [0.29, 0.717) is 0 Å². The first-order chi connectivity index (χ1) is 2.41. The number of hydrogen-bond acceptors (Lipinski definition) is 0. The second-order valence-electron chi connectivity index (χ2n) is 0.691. The van der Waals surface area contributed by atoms with Crippen molar-refractivity contribution in [3.8, 4) is 0 Å². The Balaban J connectivity index is 2.92. The molecule has 1 nitrogen and oxygen atoms in total. The van der Waals surface area contributed by atoms with Gasteiger partial charge in [-0.15, -0.1) is 0 Å². The van der Waals surface area contributed by atoms with E-state index < -0.39 is 0 Å². The maximum atomic E-state index is 3.43. The molecule has 0 aromatic rings. The summed E-state index contributed by atoms with van der Waals surface area (Å²) in [6, 6.07) is 0. The molecular weight excluding hydrogens is 62.1 g/mol. The van der Waals surface area contributed by atoms with E-state index in [1.165, 1.54) is 0 Å². The highest BCUT2D eigenvalue weighted by Crippen LogP contribution is 1.31. The Morgan fingerprint density at radius 2 is 2.40 bits per heavy atom. The Bertz CT molecular complexity index is 45.6. The molecule has 0 aliphatic heterocycles. The zero-order chi connectivity index (χ0) is 4.12. The van der Waals surface area contributed by atoms with Gasteiger partial charge in [0, 0.05) is 0 Å². The monoisotopic (exact) mass is 70.1 g/mol. The van der Waals surface area contributed by atoms with Gasteiger partial charge >= 0.3 is 0 Å². The van der Waals surface area contributed by atoms with Gasteiger partial charge in [-0.1, -0.05) is 6.58 Å². The van der Waals surface area contributed by atoms with E-state index in [9.17, 15) is 0 Å². The maximum absolute atomic E-state index is 3.43. The maximum Gasteiger partial charge on any atom is 0.160 e. The lowest BCUT2D eigenvalue weighted by atomic mass is 10.7. The first-order valence-electron chi connectivity index (χ1n) is 1.53. The van der Waals surface area contributed by atoms with Gasteiger partial charge in [-0.3, -0.25) is 4.99 Å². The Morgan fingerprint density at radius 3 is 2.40 bits per heavy atom. The summed E-state index contributed by atoms with van der Waals surface area (Å²) in [5, 5.41) is 0. The lowest BCUT2D eigenvalue weighted by Gasteiger charge is -1.50. The fourth-order valence-corrected chi connectivity index (χ4v) is 0.118. The van der Waals surface area contributed by atoms with Crippen LogP contribution in [0, 0.1) is 0 Å². The number of allylic oxidation sites excluding steroid dienone is 1. The molecule has 28 valence electrons. The normalized spacial score (nSPS) is 9.00. The Hall–Kier alpha value is -0.590. The van der Waals surface area contributed by atoms with Crippen LogP contribution in [0.25, 0.3) is 0 Å². The molecule has 0 unspecified atom stereocenters. The standard InChI is InChI=1S/C4H7N/c1-3-4-5-2/h3-4H,1H2,2H3/p+1. The zero-order valence-corrected chi connectivity index (χ0v) is 3.36. The molecule has 0 fully saturated rings. The van der Waals surface area contributed by atoms with Crippen LogP contribution in [0.15, 0.2) is 12.7 Å². The Labute approximate surface area is 32.0 Å². The molecule has 0 aliphatic rings. The number of rotatable bonds is 1. The van der Waals surface area contributed by atoms with Crippen molar-refractivity contribution in [2.75, 3.05) is 7.05 Å². The minimum atomic E-state index is 1.69. The van der Waals surface area contributed by atoms with E-state index >= 15 is 0 Å². The summed E-state index contributed by atoms with van der Waals surface area (Å²) in [5.41, 5.74) is 0. The highest BCUT2D eigenvalue weighted by Gasteiger charge is 1.50. The van der Waals surface area contributed by atoms with Crippen LogP contribution in [-0.2, 0) is 0 Å². The van der Waals surface area contributed by atoms with E-state index in [1.54, 1.807) is 12.3 Å². The van der Waals surface area contributed by atoms with Gasteiger partial charge in [-0.2, -0.15) is 0 Å². The van der Waals surface area contributed by atoms with Crippen molar-refractivity contribution in [1.82, 2.24) is 0 Å². The lowest BCUT2D eigenvalue weighted by Crippen LogP contribution is -2.62. The summed E-state index contributed by atoms with van der Waals surface area (Å²) in [7, 11) is 1.84. The predicted octanol–water partition coefficient (Wildman–Crippen LogP) is -1.05. The van der Waals surface area contributed by atoms with Gasteiger partial charge in [0.25, 0.3) is 0 Å². The zero-order valence-electron chi connectivity index (χ0n) is 3.36. The van der Waals surface area contributed by atoms with E-state index in [-0.39, 0.29) is 0 Å². The van der Waals surface area contributed by atoms with Crippen molar-refractivity contribution < 1.29 is 4.99 Å². The van der Waals surface area contributed by atoms with Gasteiger partial charge in [0.05, 0.1) is 0 Å². The van der Waals surface area contributed by atoms with E-state index in [4.69, 9.17) is 0 Å². The topological polar surface area (TPSA) is 14.0 Å². The summed E-state index contributed by atoms with van der Waals surface area (Å²) in [4.78, 5) is 2.77. The molecule has 0 rings (SSSR count). The van der Waals surface area contributed by atoms with Gasteiger partial charge in [-0.25, -0.2) is 0 Å². The van der Waals surface area contributed by atoms with Gasteiger partial charge in [-0.05, 0) is 6.08 Å². The van der Waals surface area contributed by atoms with Crippen LogP contribution in [0.5, 0.6) is 0 Å². The van der Waals surface area contributed by atoms with Crippen LogP contribution in [0.2, 0.25) is 0 Å². The van der Waals surface area contributed by atoms with Gasteiger partial charge < -0.3 is 0 Å². The van der Waals surface area contributed by atoms with Crippen molar-refractivity contribution in [1.29, 1.82) is 0 Å². The van der Waals surface area contributed by atoms with Crippen LogP contribution >= 0.6 is 0 Å². The quantitative estimate of drug-likeness (QED) is 0.379. The third-order valence-corrected chi connectivity index (χ3v) is 0.285. The number of nitrogens with one attached hydrogen (secondary N) is 1.